The number of aryl methyl sites for hydroxylation is 1. The molecule has 0 aliphatic heterocycles. The molecule has 2 rings (SSSR count). The Morgan fingerprint density at radius 1 is 1.37 bits per heavy atom. The first-order chi connectivity index (χ1) is 9.28. The molecule has 19 heavy (non-hydrogen) atoms. The molecule has 0 amide bonds. The lowest BCUT2D eigenvalue weighted by Crippen LogP contribution is -2.37. The van der Waals surface area contributed by atoms with Crippen LogP contribution in [-0.2, 0) is 6.42 Å². The molecular weight excluding hydrogens is 240 g/mol. The molecule has 0 saturated carbocycles. The van der Waals surface area contributed by atoms with E-state index in [1.165, 1.54) is 5.56 Å². The van der Waals surface area contributed by atoms with Gasteiger partial charge in [-0.3, -0.25) is 11.3 Å². The molecule has 102 valence electrons. The van der Waals surface area contributed by atoms with E-state index >= 15 is 0 Å². The summed E-state index contributed by atoms with van der Waals surface area (Å²) in [7, 11) is 0. The highest BCUT2D eigenvalue weighted by molar-refractivity contribution is 5.27. The van der Waals surface area contributed by atoms with Crippen LogP contribution in [0.4, 0.5) is 0 Å². The van der Waals surface area contributed by atoms with Crippen molar-refractivity contribution in [1.82, 2.24) is 5.43 Å². The molecule has 1 aromatic carbocycles. The second-order valence-electron chi connectivity index (χ2n) is 4.65. The van der Waals surface area contributed by atoms with E-state index in [4.69, 9.17) is 15.0 Å². The lowest BCUT2D eigenvalue weighted by molar-refractivity contribution is 0.285. The summed E-state index contributed by atoms with van der Waals surface area (Å²) in [6.07, 6.45) is 5.09. The molecular formula is C15H20N2O2. The van der Waals surface area contributed by atoms with Gasteiger partial charge >= 0.3 is 0 Å². The molecule has 0 aliphatic rings. The fourth-order valence-electron chi connectivity index (χ4n) is 1.96. The van der Waals surface area contributed by atoms with Gasteiger partial charge in [0.15, 0.2) is 0 Å². The smallest absolute Gasteiger partial charge is 0.119 e. The molecule has 1 heterocycles. The maximum Gasteiger partial charge on any atom is 0.119 e. The van der Waals surface area contributed by atoms with Gasteiger partial charge in [-0.2, -0.15) is 0 Å². The zero-order valence-electron chi connectivity index (χ0n) is 11.1. The second kappa shape index (κ2) is 6.97. The first-order valence-corrected chi connectivity index (χ1v) is 6.44. The Kier molecular flexibility index (Phi) is 5.01. The third kappa shape index (κ3) is 4.43. The average molecular weight is 260 g/mol. The van der Waals surface area contributed by atoms with E-state index in [1.807, 2.05) is 24.3 Å². The zero-order valence-corrected chi connectivity index (χ0v) is 11.1. The topological polar surface area (TPSA) is 60.4 Å². The van der Waals surface area contributed by atoms with Crippen molar-refractivity contribution >= 4 is 0 Å². The Hall–Kier alpha value is -1.78. The number of ether oxygens (including phenoxy) is 1. The summed E-state index contributed by atoms with van der Waals surface area (Å²) >= 11 is 0. The van der Waals surface area contributed by atoms with E-state index in [0.29, 0.717) is 6.61 Å². The molecule has 1 aromatic heterocycles. The van der Waals surface area contributed by atoms with Crippen LogP contribution in [0.1, 0.15) is 17.5 Å². The first kappa shape index (κ1) is 13.6. The molecule has 0 radical (unpaired) electrons. The number of furan rings is 1. The number of hydrogen-bond donors (Lipinski definition) is 2. The van der Waals surface area contributed by atoms with Gasteiger partial charge in [-0.25, -0.2) is 0 Å². The molecule has 0 spiro atoms. The van der Waals surface area contributed by atoms with Crippen LogP contribution < -0.4 is 16.0 Å². The number of benzene rings is 1. The van der Waals surface area contributed by atoms with Crippen molar-refractivity contribution in [3.8, 4) is 5.75 Å². The van der Waals surface area contributed by atoms with Crippen LogP contribution in [0.25, 0.3) is 0 Å². The molecule has 3 N–H and O–H groups in total. The predicted molar refractivity (Wildman–Crippen MR) is 74.8 cm³/mol. The SMILES string of the molecule is Cc1cccc(OCCC(Cc2ccoc2)NN)c1. The molecule has 1 atom stereocenters. The quantitative estimate of drug-likeness (QED) is 0.593. The van der Waals surface area contributed by atoms with Crippen molar-refractivity contribution < 1.29 is 9.15 Å². The van der Waals surface area contributed by atoms with Crippen molar-refractivity contribution in [2.45, 2.75) is 25.8 Å². The molecule has 2 aromatic rings. The van der Waals surface area contributed by atoms with Crippen LogP contribution in [0, 0.1) is 6.92 Å². The van der Waals surface area contributed by atoms with E-state index in [-0.39, 0.29) is 6.04 Å². The van der Waals surface area contributed by atoms with E-state index in [2.05, 4.69) is 18.4 Å². The van der Waals surface area contributed by atoms with Gasteiger partial charge in [-0.05, 0) is 49.1 Å². The second-order valence-corrected chi connectivity index (χ2v) is 4.65. The fraction of sp³-hybridized carbons (Fsp3) is 0.333. The summed E-state index contributed by atoms with van der Waals surface area (Å²) in [6, 6.07) is 10.2. The van der Waals surface area contributed by atoms with Gasteiger partial charge in [0.05, 0.1) is 19.1 Å². The summed E-state index contributed by atoms with van der Waals surface area (Å²) in [5.41, 5.74) is 5.15. The summed E-state index contributed by atoms with van der Waals surface area (Å²) in [6.45, 7) is 2.69. The average Bonchev–Trinajstić information content (AvgIpc) is 2.90. The Morgan fingerprint density at radius 3 is 2.95 bits per heavy atom. The van der Waals surface area contributed by atoms with Crippen molar-refractivity contribution in [3.05, 3.63) is 54.0 Å². The van der Waals surface area contributed by atoms with E-state index < -0.39 is 0 Å². The molecule has 0 aliphatic carbocycles. The van der Waals surface area contributed by atoms with E-state index in [1.54, 1.807) is 12.5 Å². The molecule has 0 bridgehead atoms. The van der Waals surface area contributed by atoms with Crippen LogP contribution in [0.5, 0.6) is 5.75 Å². The highest BCUT2D eigenvalue weighted by Crippen LogP contribution is 2.13. The van der Waals surface area contributed by atoms with Crippen molar-refractivity contribution in [2.75, 3.05) is 6.61 Å². The Balaban J connectivity index is 1.77. The number of rotatable bonds is 7. The minimum Gasteiger partial charge on any atom is -0.494 e. The number of nitrogens with two attached hydrogens (primary N) is 1. The predicted octanol–water partition coefficient (Wildman–Crippen LogP) is 2.43. The van der Waals surface area contributed by atoms with Crippen LogP contribution in [0.15, 0.2) is 47.3 Å². The largest absolute Gasteiger partial charge is 0.494 e. The van der Waals surface area contributed by atoms with Gasteiger partial charge in [0.1, 0.15) is 5.75 Å². The molecule has 4 nitrogen and oxygen atoms in total. The highest BCUT2D eigenvalue weighted by atomic mass is 16.5. The summed E-state index contributed by atoms with van der Waals surface area (Å²) in [5.74, 6) is 6.46. The first-order valence-electron chi connectivity index (χ1n) is 6.44. The van der Waals surface area contributed by atoms with Crippen molar-refractivity contribution in [2.24, 2.45) is 5.84 Å². The number of nitrogens with one attached hydrogen (secondary N) is 1. The maximum atomic E-state index is 5.72. The maximum absolute atomic E-state index is 5.72. The molecule has 4 heteroatoms. The lowest BCUT2D eigenvalue weighted by Gasteiger charge is -2.15. The highest BCUT2D eigenvalue weighted by Gasteiger charge is 2.09. The Morgan fingerprint density at radius 2 is 2.26 bits per heavy atom. The van der Waals surface area contributed by atoms with Crippen molar-refractivity contribution in [3.63, 3.8) is 0 Å². The monoisotopic (exact) mass is 260 g/mol. The van der Waals surface area contributed by atoms with Crippen LogP contribution in [-0.4, -0.2) is 12.6 Å². The van der Waals surface area contributed by atoms with E-state index in [0.717, 1.165) is 24.2 Å². The minimum atomic E-state index is 0.183. The zero-order chi connectivity index (χ0) is 13.5. The fourth-order valence-corrected chi connectivity index (χ4v) is 1.96. The standard InChI is InChI=1S/C15H20N2O2/c1-12-3-2-4-15(9-12)19-8-6-14(17-16)10-13-5-7-18-11-13/h2-5,7,9,11,14,17H,6,8,10,16H2,1H3. The van der Waals surface area contributed by atoms with Gasteiger partial charge < -0.3 is 9.15 Å². The number of hydrogen-bond acceptors (Lipinski definition) is 4. The minimum absolute atomic E-state index is 0.183. The van der Waals surface area contributed by atoms with Gasteiger partial charge in [0.25, 0.3) is 0 Å². The van der Waals surface area contributed by atoms with Crippen LogP contribution in [0.2, 0.25) is 0 Å². The van der Waals surface area contributed by atoms with Crippen LogP contribution >= 0.6 is 0 Å². The molecule has 1 unspecified atom stereocenters. The van der Waals surface area contributed by atoms with Gasteiger partial charge in [0.2, 0.25) is 0 Å². The van der Waals surface area contributed by atoms with Gasteiger partial charge in [0, 0.05) is 6.04 Å². The van der Waals surface area contributed by atoms with Gasteiger partial charge in [-0.1, -0.05) is 12.1 Å². The summed E-state index contributed by atoms with van der Waals surface area (Å²) in [5, 5.41) is 0. The molecule has 0 fully saturated rings. The third-order valence-electron chi connectivity index (χ3n) is 3.02. The Bertz CT molecular complexity index is 483. The normalized spacial score (nSPS) is 12.3. The van der Waals surface area contributed by atoms with E-state index in [9.17, 15) is 0 Å². The molecule has 0 saturated heterocycles. The third-order valence-corrected chi connectivity index (χ3v) is 3.02. The van der Waals surface area contributed by atoms with Crippen LogP contribution in [0.3, 0.4) is 0 Å². The number of hydrazine groups is 1. The lowest BCUT2D eigenvalue weighted by atomic mass is 10.1. The van der Waals surface area contributed by atoms with Crippen molar-refractivity contribution in [1.29, 1.82) is 0 Å². The summed E-state index contributed by atoms with van der Waals surface area (Å²) in [4.78, 5) is 0. The Labute approximate surface area is 113 Å². The van der Waals surface area contributed by atoms with Gasteiger partial charge in [-0.15, -0.1) is 0 Å². The summed E-state index contributed by atoms with van der Waals surface area (Å²) < 4.78 is 10.8.